The van der Waals surface area contributed by atoms with Crippen molar-refractivity contribution in [1.82, 2.24) is 4.90 Å². The summed E-state index contributed by atoms with van der Waals surface area (Å²) in [6.45, 7) is 6.55. The second kappa shape index (κ2) is 9.67. The van der Waals surface area contributed by atoms with Crippen molar-refractivity contribution in [3.63, 3.8) is 0 Å². The van der Waals surface area contributed by atoms with E-state index >= 15 is 0 Å². The smallest absolute Gasteiger partial charge is 0.222 e. The molecule has 4 heteroatoms. The van der Waals surface area contributed by atoms with E-state index in [1.807, 2.05) is 4.90 Å². The monoisotopic (exact) mass is 332 g/mol. The summed E-state index contributed by atoms with van der Waals surface area (Å²) in [4.78, 5) is 14.3. The number of nitrogens with two attached hydrogens (primary N) is 1. The van der Waals surface area contributed by atoms with Gasteiger partial charge in [-0.2, -0.15) is 0 Å². The molecule has 0 bridgehead atoms. The molecule has 4 nitrogen and oxygen atoms in total. The lowest BCUT2D eigenvalue weighted by molar-refractivity contribution is -0.133. The number of benzene rings is 1. The van der Waals surface area contributed by atoms with Crippen molar-refractivity contribution in [3.05, 3.63) is 29.3 Å². The molecule has 1 fully saturated rings. The topological polar surface area (TPSA) is 55.6 Å². The maximum absolute atomic E-state index is 12.3. The minimum Gasteiger partial charge on any atom is -0.490 e. The predicted molar refractivity (Wildman–Crippen MR) is 98.3 cm³/mol. The van der Waals surface area contributed by atoms with Crippen molar-refractivity contribution >= 4 is 5.91 Å². The highest BCUT2D eigenvalue weighted by molar-refractivity contribution is 5.76. The average Bonchev–Trinajstić information content (AvgIpc) is 2.58. The zero-order valence-corrected chi connectivity index (χ0v) is 15.2. The Balaban J connectivity index is 1.71. The molecule has 0 atom stereocenters. The third-order valence-corrected chi connectivity index (χ3v) is 4.78. The predicted octanol–water partition coefficient (Wildman–Crippen LogP) is 3.58. The molecule has 1 aliphatic rings. The van der Waals surface area contributed by atoms with Crippen LogP contribution in [0.4, 0.5) is 0 Å². The molecule has 0 radical (unpaired) electrons. The van der Waals surface area contributed by atoms with Crippen LogP contribution in [0.1, 0.15) is 56.1 Å². The van der Waals surface area contributed by atoms with Crippen LogP contribution in [-0.4, -0.2) is 36.5 Å². The van der Waals surface area contributed by atoms with Crippen LogP contribution in [0.2, 0.25) is 0 Å². The normalized spacial score (nSPS) is 15.5. The van der Waals surface area contributed by atoms with E-state index < -0.39 is 0 Å². The molecule has 1 amide bonds. The second-order valence-corrected chi connectivity index (χ2v) is 6.92. The third kappa shape index (κ3) is 5.82. The van der Waals surface area contributed by atoms with E-state index in [1.54, 1.807) is 0 Å². The largest absolute Gasteiger partial charge is 0.490 e. The highest BCUT2D eigenvalue weighted by Gasteiger charge is 2.23. The van der Waals surface area contributed by atoms with E-state index in [9.17, 15) is 4.79 Å². The summed E-state index contributed by atoms with van der Waals surface area (Å²) in [5, 5.41) is 0. The lowest BCUT2D eigenvalue weighted by Gasteiger charge is -2.32. The van der Waals surface area contributed by atoms with E-state index in [4.69, 9.17) is 10.5 Å². The van der Waals surface area contributed by atoms with Gasteiger partial charge in [-0.25, -0.2) is 0 Å². The average molecular weight is 332 g/mol. The molecule has 1 saturated heterocycles. The number of rotatable bonds is 8. The molecule has 24 heavy (non-hydrogen) atoms. The molecule has 1 aliphatic heterocycles. The van der Waals surface area contributed by atoms with Crippen molar-refractivity contribution in [3.8, 4) is 5.75 Å². The number of piperidine rings is 1. The Morgan fingerprint density at radius 1 is 1.17 bits per heavy atom. The number of nitrogens with zero attached hydrogens (tertiary/aromatic N) is 1. The minimum absolute atomic E-state index is 0.221. The molecular formula is C20H32N2O2. The summed E-state index contributed by atoms with van der Waals surface area (Å²) in [5.41, 5.74) is 7.88. The summed E-state index contributed by atoms with van der Waals surface area (Å²) in [6, 6.07) is 6.32. The van der Waals surface area contributed by atoms with Gasteiger partial charge in [-0.15, -0.1) is 0 Å². The van der Waals surface area contributed by atoms with Gasteiger partial charge in [0.25, 0.3) is 0 Å². The molecule has 0 spiro atoms. The first-order chi connectivity index (χ1) is 11.6. The van der Waals surface area contributed by atoms with E-state index in [1.165, 1.54) is 11.1 Å². The molecule has 1 heterocycles. The molecule has 0 unspecified atom stereocenters. The van der Waals surface area contributed by atoms with Gasteiger partial charge in [0.2, 0.25) is 5.91 Å². The molecule has 134 valence electrons. The fourth-order valence-electron chi connectivity index (χ4n) is 3.17. The zero-order valence-electron chi connectivity index (χ0n) is 15.2. The Kier molecular flexibility index (Phi) is 7.57. The van der Waals surface area contributed by atoms with E-state index in [0.717, 1.165) is 63.9 Å². The van der Waals surface area contributed by atoms with E-state index in [0.29, 0.717) is 12.3 Å². The first-order valence-corrected chi connectivity index (χ1v) is 9.32. The molecule has 2 rings (SSSR count). The fourth-order valence-corrected chi connectivity index (χ4v) is 3.17. The lowest BCUT2D eigenvalue weighted by Crippen LogP contribution is -2.41. The Hall–Kier alpha value is -1.55. The summed E-state index contributed by atoms with van der Waals surface area (Å²) in [5.74, 6) is 1.28. The first kappa shape index (κ1) is 18.8. The van der Waals surface area contributed by atoms with Gasteiger partial charge in [-0.1, -0.05) is 25.0 Å². The Bertz CT molecular complexity index is 522. The quantitative estimate of drug-likeness (QED) is 0.740. The van der Waals surface area contributed by atoms with Crippen molar-refractivity contribution in [2.24, 2.45) is 5.73 Å². The van der Waals surface area contributed by atoms with Crippen LogP contribution >= 0.6 is 0 Å². The van der Waals surface area contributed by atoms with Gasteiger partial charge < -0.3 is 15.4 Å². The van der Waals surface area contributed by atoms with E-state index in [-0.39, 0.29) is 6.10 Å². The lowest BCUT2D eigenvalue weighted by atomic mass is 10.1. The summed E-state index contributed by atoms with van der Waals surface area (Å²) >= 11 is 0. The summed E-state index contributed by atoms with van der Waals surface area (Å²) in [7, 11) is 0. The Morgan fingerprint density at radius 3 is 2.58 bits per heavy atom. The van der Waals surface area contributed by atoms with Gasteiger partial charge in [-0.05, 0) is 50.4 Å². The maximum atomic E-state index is 12.3. The second-order valence-electron chi connectivity index (χ2n) is 6.92. The van der Waals surface area contributed by atoms with Gasteiger partial charge in [0.05, 0.1) is 0 Å². The highest BCUT2D eigenvalue weighted by atomic mass is 16.5. The zero-order chi connectivity index (χ0) is 17.4. The Morgan fingerprint density at radius 2 is 1.88 bits per heavy atom. The van der Waals surface area contributed by atoms with Crippen LogP contribution in [0.3, 0.4) is 0 Å². The van der Waals surface area contributed by atoms with Crippen LogP contribution in [0, 0.1) is 13.8 Å². The van der Waals surface area contributed by atoms with Gasteiger partial charge in [0.15, 0.2) is 0 Å². The number of carbonyl (C=O) groups is 1. The fraction of sp³-hybridized carbons (Fsp3) is 0.650. The molecule has 1 aromatic carbocycles. The standard InChI is InChI=1S/C20H32N2O2/c1-16-8-9-17(2)19(15-16)24-18-10-13-22(14-11-18)20(23)7-5-3-4-6-12-21/h8-9,15,18H,3-7,10-14,21H2,1-2H3. The van der Waals surface area contributed by atoms with Crippen LogP contribution < -0.4 is 10.5 Å². The number of carbonyl (C=O) groups excluding carboxylic acids is 1. The number of likely N-dealkylation sites (tertiary alicyclic amines) is 1. The summed E-state index contributed by atoms with van der Waals surface area (Å²) < 4.78 is 6.17. The van der Waals surface area contributed by atoms with Crippen molar-refractivity contribution in [2.75, 3.05) is 19.6 Å². The van der Waals surface area contributed by atoms with Crippen LogP contribution in [-0.2, 0) is 4.79 Å². The third-order valence-electron chi connectivity index (χ3n) is 4.78. The number of amides is 1. The molecule has 0 saturated carbocycles. The number of hydrogen-bond donors (Lipinski definition) is 1. The molecule has 2 N–H and O–H groups in total. The minimum atomic E-state index is 0.221. The van der Waals surface area contributed by atoms with Gasteiger partial charge in [-0.3, -0.25) is 4.79 Å². The number of hydrogen-bond acceptors (Lipinski definition) is 3. The summed E-state index contributed by atoms with van der Waals surface area (Å²) in [6.07, 6.45) is 7.03. The van der Waals surface area contributed by atoms with Crippen LogP contribution in [0.5, 0.6) is 5.75 Å². The van der Waals surface area contributed by atoms with Crippen LogP contribution in [0.25, 0.3) is 0 Å². The van der Waals surface area contributed by atoms with Gasteiger partial charge >= 0.3 is 0 Å². The Labute approximate surface area is 146 Å². The van der Waals surface area contributed by atoms with Crippen LogP contribution in [0.15, 0.2) is 18.2 Å². The molecule has 0 aliphatic carbocycles. The highest BCUT2D eigenvalue weighted by Crippen LogP contribution is 2.24. The molecular weight excluding hydrogens is 300 g/mol. The molecule has 1 aromatic rings. The van der Waals surface area contributed by atoms with Crippen molar-refractivity contribution < 1.29 is 9.53 Å². The number of ether oxygens (including phenoxy) is 1. The van der Waals surface area contributed by atoms with Crippen molar-refractivity contribution in [1.29, 1.82) is 0 Å². The SMILES string of the molecule is Cc1ccc(C)c(OC2CCN(C(=O)CCCCCCN)CC2)c1. The number of aryl methyl sites for hydroxylation is 2. The first-order valence-electron chi connectivity index (χ1n) is 9.32. The van der Waals surface area contributed by atoms with E-state index in [2.05, 4.69) is 32.0 Å². The number of unbranched alkanes of at least 4 members (excludes halogenated alkanes) is 3. The molecule has 0 aromatic heterocycles. The van der Waals surface area contributed by atoms with Gasteiger partial charge in [0.1, 0.15) is 11.9 Å². The van der Waals surface area contributed by atoms with Gasteiger partial charge in [0, 0.05) is 32.4 Å². The maximum Gasteiger partial charge on any atom is 0.222 e. The van der Waals surface area contributed by atoms with Crippen molar-refractivity contribution in [2.45, 2.75) is 64.9 Å².